The third-order valence-electron chi connectivity index (χ3n) is 5.82. The lowest BCUT2D eigenvalue weighted by molar-refractivity contribution is -0.121. The minimum atomic E-state index is -0.417. The summed E-state index contributed by atoms with van der Waals surface area (Å²) in [6.07, 6.45) is 2.37. The summed E-state index contributed by atoms with van der Waals surface area (Å²) in [5, 5.41) is 3.02. The molecule has 164 valence electrons. The van der Waals surface area contributed by atoms with Crippen LogP contribution in [0.4, 0.5) is 5.82 Å². The third-order valence-corrected chi connectivity index (χ3v) is 5.82. The second-order valence-electron chi connectivity index (χ2n) is 8.06. The molecular formula is C25H26N4O3. The molecule has 1 saturated heterocycles. The maximum atomic E-state index is 13.2. The molecule has 7 nitrogen and oxygen atoms in total. The van der Waals surface area contributed by atoms with Gasteiger partial charge in [-0.3, -0.25) is 4.79 Å². The molecule has 2 aliphatic rings. The van der Waals surface area contributed by atoms with Gasteiger partial charge in [0.25, 0.3) is 0 Å². The number of nitrogens with one attached hydrogen (secondary N) is 1. The quantitative estimate of drug-likeness (QED) is 0.599. The molecule has 5 rings (SSSR count). The molecule has 2 aliphatic heterocycles. The van der Waals surface area contributed by atoms with Crippen molar-refractivity contribution < 1.29 is 14.3 Å². The molecule has 0 bridgehead atoms. The van der Waals surface area contributed by atoms with E-state index in [0.29, 0.717) is 36.4 Å². The molecular weight excluding hydrogens is 404 g/mol. The van der Waals surface area contributed by atoms with Crippen molar-refractivity contribution >= 4 is 11.7 Å². The molecule has 32 heavy (non-hydrogen) atoms. The van der Waals surface area contributed by atoms with E-state index in [1.165, 1.54) is 12.8 Å². The summed E-state index contributed by atoms with van der Waals surface area (Å²) in [6.45, 7) is 4.60. The molecule has 0 spiro atoms. The molecule has 0 unspecified atom stereocenters. The number of ether oxygens (including phenoxy) is 2. The van der Waals surface area contributed by atoms with E-state index < -0.39 is 5.92 Å². The second-order valence-corrected chi connectivity index (χ2v) is 8.06. The first-order chi connectivity index (χ1) is 15.7. The lowest BCUT2D eigenvalue weighted by atomic mass is 9.87. The zero-order valence-electron chi connectivity index (χ0n) is 18.1. The summed E-state index contributed by atoms with van der Waals surface area (Å²) in [5.41, 5.74) is 1.73. The predicted octanol–water partition coefficient (Wildman–Crippen LogP) is 3.82. The Hall–Kier alpha value is -3.61. The number of carbonyl (C=O) groups excluding carboxylic acids is 1. The fraction of sp³-hybridized carbons (Fsp3) is 0.320. The molecule has 1 fully saturated rings. The lowest BCUT2D eigenvalue weighted by Gasteiger charge is -2.27. The third kappa shape index (κ3) is 4.10. The number of hydrogen-bond donors (Lipinski definition) is 1. The highest BCUT2D eigenvalue weighted by Crippen LogP contribution is 2.43. The largest absolute Gasteiger partial charge is 0.476 e. The van der Waals surface area contributed by atoms with E-state index in [1.807, 2.05) is 61.5 Å². The number of carbonyl (C=O) groups is 1. The Bertz CT molecular complexity index is 1080. The SMILES string of the molecule is Cc1nc(OCCNC(=O)C2c3ccccc3Oc3ccccc32)cc(N2CCCC2)n1. The Morgan fingerprint density at radius 3 is 2.41 bits per heavy atom. The van der Waals surface area contributed by atoms with Crippen LogP contribution in [0, 0.1) is 6.92 Å². The lowest BCUT2D eigenvalue weighted by Crippen LogP contribution is -2.34. The number of para-hydroxylation sites is 2. The van der Waals surface area contributed by atoms with E-state index in [0.717, 1.165) is 30.0 Å². The Kier molecular flexibility index (Phi) is 5.62. The van der Waals surface area contributed by atoms with Gasteiger partial charge in [-0.2, -0.15) is 4.98 Å². The smallest absolute Gasteiger partial charge is 0.232 e. The number of fused-ring (bicyclic) bond motifs is 2. The monoisotopic (exact) mass is 430 g/mol. The van der Waals surface area contributed by atoms with Crippen LogP contribution in [0.2, 0.25) is 0 Å². The summed E-state index contributed by atoms with van der Waals surface area (Å²) < 4.78 is 11.8. The number of nitrogens with zero attached hydrogens (tertiary/aromatic N) is 3. The van der Waals surface area contributed by atoms with Crippen molar-refractivity contribution in [3.05, 3.63) is 71.5 Å². The van der Waals surface area contributed by atoms with Crippen molar-refractivity contribution in [1.29, 1.82) is 0 Å². The second kappa shape index (κ2) is 8.86. The normalized spacial score (nSPS) is 15.0. The van der Waals surface area contributed by atoms with Crippen molar-refractivity contribution in [2.75, 3.05) is 31.1 Å². The van der Waals surface area contributed by atoms with Gasteiger partial charge in [-0.15, -0.1) is 0 Å². The molecule has 2 aromatic carbocycles. The van der Waals surface area contributed by atoms with Gasteiger partial charge in [0.2, 0.25) is 11.8 Å². The van der Waals surface area contributed by atoms with Gasteiger partial charge in [-0.25, -0.2) is 4.98 Å². The van der Waals surface area contributed by atoms with E-state index in [9.17, 15) is 4.79 Å². The molecule has 0 aliphatic carbocycles. The van der Waals surface area contributed by atoms with E-state index in [1.54, 1.807) is 0 Å². The maximum absolute atomic E-state index is 13.2. The highest BCUT2D eigenvalue weighted by atomic mass is 16.5. The zero-order valence-corrected chi connectivity index (χ0v) is 18.1. The van der Waals surface area contributed by atoms with Crippen LogP contribution < -0.4 is 19.7 Å². The van der Waals surface area contributed by atoms with Crippen molar-refractivity contribution in [2.24, 2.45) is 0 Å². The highest BCUT2D eigenvalue weighted by Gasteiger charge is 2.32. The maximum Gasteiger partial charge on any atom is 0.232 e. The molecule has 1 aromatic heterocycles. The van der Waals surface area contributed by atoms with E-state index in [2.05, 4.69) is 20.2 Å². The number of aryl methyl sites for hydroxylation is 1. The fourth-order valence-electron chi connectivity index (χ4n) is 4.33. The van der Waals surface area contributed by atoms with Gasteiger partial charge < -0.3 is 19.7 Å². The van der Waals surface area contributed by atoms with Crippen LogP contribution in [0.5, 0.6) is 17.4 Å². The van der Waals surface area contributed by atoms with Crippen LogP contribution in [0.25, 0.3) is 0 Å². The fourth-order valence-corrected chi connectivity index (χ4v) is 4.33. The first-order valence-electron chi connectivity index (χ1n) is 11.1. The van der Waals surface area contributed by atoms with Gasteiger partial charge in [0.15, 0.2) is 0 Å². The van der Waals surface area contributed by atoms with Crippen LogP contribution in [-0.2, 0) is 4.79 Å². The van der Waals surface area contributed by atoms with E-state index in [-0.39, 0.29) is 5.91 Å². The number of rotatable bonds is 6. The van der Waals surface area contributed by atoms with Gasteiger partial charge in [-0.05, 0) is 31.9 Å². The topological polar surface area (TPSA) is 76.6 Å². The molecule has 3 aromatic rings. The number of hydrogen-bond acceptors (Lipinski definition) is 6. The van der Waals surface area contributed by atoms with Crippen LogP contribution in [0.3, 0.4) is 0 Å². The Labute approximate surface area is 187 Å². The molecule has 3 heterocycles. The van der Waals surface area contributed by atoms with Gasteiger partial charge in [0.1, 0.15) is 29.7 Å². The first-order valence-corrected chi connectivity index (χ1v) is 11.1. The number of anilines is 1. The predicted molar refractivity (Wildman–Crippen MR) is 122 cm³/mol. The Morgan fingerprint density at radius 1 is 1.06 bits per heavy atom. The van der Waals surface area contributed by atoms with Gasteiger partial charge in [-0.1, -0.05) is 36.4 Å². The van der Waals surface area contributed by atoms with Gasteiger partial charge >= 0.3 is 0 Å². The van der Waals surface area contributed by atoms with Crippen LogP contribution in [0.1, 0.15) is 35.7 Å². The Balaban J connectivity index is 1.24. The van der Waals surface area contributed by atoms with E-state index in [4.69, 9.17) is 9.47 Å². The molecule has 1 amide bonds. The highest BCUT2D eigenvalue weighted by molar-refractivity contribution is 5.89. The van der Waals surface area contributed by atoms with Crippen molar-refractivity contribution in [3.63, 3.8) is 0 Å². The molecule has 0 atom stereocenters. The minimum absolute atomic E-state index is 0.0755. The minimum Gasteiger partial charge on any atom is -0.476 e. The van der Waals surface area contributed by atoms with Crippen molar-refractivity contribution in [3.8, 4) is 17.4 Å². The summed E-state index contributed by atoms with van der Waals surface area (Å²) in [6, 6.07) is 17.2. The average Bonchev–Trinajstić information content (AvgIpc) is 3.35. The summed E-state index contributed by atoms with van der Waals surface area (Å²) in [7, 11) is 0. The number of amides is 1. The van der Waals surface area contributed by atoms with Crippen molar-refractivity contribution in [1.82, 2.24) is 15.3 Å². The summed E-state index contributed by atoms with van der Waals surface area (Å²) in [5.74, 6) is 3.07. The molecule has 1 N–H and O–H groups in total. The van der Waals surface area contributed by atoms with Crippen LogP contribution in [0.15, 0.2) is 54.6 Å². The Morgan fingerprint density at radius 2 is 1.72 bits per heavy atom. The van der Waals surface area contributed by atoms with Gasteiger partial charge in [0.05, 0.1) is 12.5 Å². The molecule has 7 heteroatoms. The molecule has 0 saturated carbocycles. The van der Waals surface area contributed by atoms with Crippen LogP contribution in [-0.4, -0.2) is 42.1 Å². The number of benzene rings is 2. The summed E-state index contributed by atoms with van der Waals surface area (Å²) >= 11 is 0. The van der Waals surface area contributed by atoms with Gasteiger partial charge in [0, 0.05) is 30.3 Å². The zero-order chi connectivity index (χ0) is 21.9. The summed E-state index contributed by atoms with van der Waals surface area (Å²) in [4.78, 5) is 24.3. The first kappa shape index (κ1) is 20.3. The standard InChI is InChI=1S/C25H26N4O3/c1-17-27-22(29-13-6-7-14-29)16-23(28-17)31-15-12-26-25(30)24-18-8-2-4-10-20(18)32-21-11-5-3-9-19(21)24/h2-5,8-11,16,24H,6-7,12-15H2,1H3,(H,26,30). The average molecular weight is 431 g/mol. The van der Waals surface area contributed by atoms with Crippen LogP contribution >= 0.6 is 0 Å². The van der Waals surface area contributed by atoms with E-state index >= 15 is 0 Å². The van der Waals surface area contributed by atoms with Crippen molar-refractivity contribution in [2.45, 2.75) is 25.7 Å². The number of aromatic nitrogens is 2. The molecule has 0 radical (unpaired) electrons.